The van der Waals surface area contributed by atoms with Gasteiger partial charge in [-0.3, -0.25) is 9.97 Å². The van der Waals surface area contributed by atoms with Gasteiger partial charge < -0.3 is 0 Å². The van der Waals surface area contributed by atoms with E-state index in [1.165, 1.54) is 0 Å². The van der Waals surface area contributed by atoms with Crippen molar-refractivity contribution in [1.29, 1.82) is 0 Å². The van der Waals surface area contributed by atoms with E-state index in [1.807, 2.05) is 24.3 Å². The second kappa shape index (κ2) is 3.74. The molecule has 3 rings (SSSR count). The predicted octanol–water partition coefficient (Wildman–Crippen LogP) is 3.10. The molecule has 0 atom stereocenters. The van der Waals surface area contributed by atoms with Crippen LogP contribution in [0.25, 0.3) is 22.0 Å². The van der Waals surface area contributed by atoms with Crippen LogP contribution in [0.5, 0.6) is 0 Å². The molecule has 0 N–H and O–H groups in total. The van der Waals surface area contributed by atoms with Gasteiger partial charge in [0, 0.05) is 24.0 Å². The molecular weight excluding hydrogens is 196 g/mol. The summed E-state index contributed by atoms with van der Waals surface area (Å²) in [6.45, 7) is 0. The van der Waals surface area contributed by atoms with Crippen LogP contribution in [0.15, 0.2) is 55.0 Å². The maximum Gasteiger partial charge on any atom is 0.0714 e. The van der Waals surface area contributed by atoms with Gasteiger partial charge in [0.15, 0.2) is 0 Å². The average Bonchev–Trinajstić information content (AvgIpc) is 2.39. The number of fused-ring (bicyclic) bond motifs is 1. The van der Waals surface area contributed by atoms with Crippen molar-refractivity contribution in [3.8, 4) is 11.1 Å². The molecule has 0 aliphatic rings. The van der Waals surface area contributed by atoms with Gasteiger partial charge in [0.25, 0.3) is 0 Å². The Morgan fingerprint density at radius 1 is 0.875 bits per heavy atom. The lowest BCUT2D eigenvalue weighted by Crippen LogP contribution is -1.81. The lowest BCUT2D eigenvalue weighted by molar-refractivity contribution is 1.33. The molecule has 0 bridgehead atoms. The third-order valence-corrected chi connectivity index (χ3v) is 2.54. The van der Waals surface area contributed by atoms with E-state index in [4.69, 9.17) is 0 Å². The van der Waals surface area contributed by atoms with Gasteiger partial charge in [0.1, 0.15) is 0 Å². The zero-order chi connectivity index (χ0) is 10.8. The van der Waals surface area contributed by atoms with E-state index in [2.05, 4.69) is 28.2 Å². The van der Waals surface area contributed by atoms with Gasteiger partial charge in [-0.25, -0.2) is 0 Å². The summed E-state index contributed by atoms with van der Waals surface area (Å²) >= 11 is 0. The standard InChI is InChI=1S/C14H9N2/c1-2-12-3-4-13(10-14(12)16-7-1)11-5-8-15-9-6-11/h1,3-10H. The molecule has 1 radical (unpaired) electrons. The lowest BCUT2D eigenvalue weighted by Gasteiger charge is -2.02. The van der Waals surface area contributed by atoms with Gasteiger partial charge in [0.2, 0.25) is 0 Å². The third kappa shape index (κ3) is 1.54. The highest BCUT2D eigenvalue weighted by Crippen LogP contribution is 2.22. The van der Waals surface area contributed by atoms with E-state index in [1.54, 1.807) is 18.6 Å². The molecule has 0 aliphatic heterocycles. The van der Waals surface area contributed by atoms with Crippen molar-refractivity contribution in [3.63, 3.8) is 0 Å². The second-order valence-corrected chi connectivity index (χ2v) is 3.56. The van der Waals surface area contributed by atoms with Crippen LogP contribution in [-0.4, -0.2) is 9.97 Å². The molecule has 0 saturated carbocycles. The van der Waals surface area contributed by atoms with E-state index in [0.717, 1.165) is 22.0 Å². The van der Waals surface area contributed by atoms with Gasteiger partial charge in [-0.05, 0) is 41.5 Å². The monoisotopic (exact) mass is 205 g/mol. The van der Waals surface area contributed by atoms with Gasteiger partial charge in [-0.15, -0.1) is 0 Å². The minimum atomic E-state index is 0.969. The molecular formula is C14H9N2. The zero-order valence-corrected chi connectivity index (χ0v) is 8.59. The topological polar surface area (TPSA) is 25.8 Å². The highest BCUT2D eigenvalue weighted by molar-refractivity contribution is 5.83. The summed E-state index contributed by atoms with van der Waals surface area (Å²) in [6.07, 6.45) is 5.35. The Labute approximate surface area is 93.6 Å². The van der Waals surface area contributed by atoms with E-state index in [0.29, 0.717) is 0 Å². The molecule has 2 heteroatoms. The number of benzene rings is 1. The van der Waals surface area contributed by atoms with Gasteiger partial charge >= 0.3 is 0 Å². The fourth-order valence-electron chi connectivity index (χ4n) is 1.73. The highest BCUT2D eigenvalue weighted by atomic mass is 14.6. The number of hydrogen-bond donors (Lipinski definition) is 0. The Balaban J connectivity index is 2.19. The summed E-state index contributed by atoms with van der Waals surface area (Å²) in [6, 6.07) is 15.2. The van der Waals surface area contributed by atoms with Gasteiger partial charge in [0.05, 0.1) is 5.52 Å². The molecule has 3 aromatic rings. The maximum absolute atomic E-state index is 4.32. The summed E-state index contributed by atoms with van der Waals surface area (Å²) < 4.78 is 0. The second-order valence-electron chi connectivity index (χ2n) is 3.56. The Bertz CT molecular complexity index is 618. The largest absolute Gasteiger partial charge is 0.265 e. The number of rotatable bonds is 1. The van der Waals surface area contributed by atoms with E-state index >= 15 is 0 Å². The van der Waals surface area contributed by atoms with Crippen molar-refractivity contribution in [2.24, 2.45) is 0 Å². The molecule has 2 aromatic heterocycles. The summed E-state index contributed by atoms with van der Waals surface area (Å²) in [7, 11) is 0. The number of nitrogens with zero attached hydrogens (tertiary/aromatic N) is 2. The highest BCUT2D eigenvalue weighted by Gasteiger charge is 1.99. The predicted molar refractivity (Wildman–Crippen MR) is 63.8 cm³/mol. The average molecular weight is 205 g/mol. The molecule has 0 spiro atoms. The Kier molecular flexibility index (Phi) is 2.11. The Morgan fingerprint density at radius 3 is 2.62 bits per heavy atom. The molecule has 2 heterocycles. The van der Waals surface area contributed by atoms with Crippen LogP contribution in [0.3, 0.4) is 0 Å². The van der Waals surface area contributed by atoms with Crippen molar-refractivity contribution < 1.29 is 0 Å². The zero-order valence-electron chi connectivity index (χ0n) is 8.59. The molecule has 1 aromatic carbocycles. The van der Waals surface area contributed by atoms with Crippen LogP contribution in [0, 0.1) is 6.07 Å². The molecule has 0 fully saturated rings. The minimum absolute atomic E-state index is 0.969. The fraction of sp³-hybridized carbons (Fsp3) is 0. The van der Waals surface area contributed by atoms with Crippen LogP contribution in [0.1, 0.15) is 0 Å². The van der Waals surface area contributed by atoms with Gasteiger partial charge in [-0.2, -0.15) is 0 Å². The summed E-state index contributed by atoms with van der Waals surface area (Å²) in [5.41, 5.74) is 3.28. The van der Waals surface area contributed by atoms with Gasteiger partial charge in [-0.1, -0.05) is 12.1 Å². The van der Waals surface area contributed by atoms with Crippen LogP contribution in [0.4, 0.5) is 0 Å². The molecule has 0 saturated heterocycles. The van der Waals surface area contributed by atoms with Crippen molar-refractivity contribution >= 4 is 10.9 Å². The minimum Gasteiger partial charge on any atom is -0.265 e. The quantitative estimate of drug-likeness (QED) is 0.610. The fourth-order valence-corrected chi connectivity index (χ4v) is 1.73. The molecule has 2 nitrogen and oxygen atoms in total. The Hall–Kier alpha value is -2.22. The number of pyridine rings is 2. The third-order valence-electron chi connectivity index (χ3n) is 2.54. The van der Waals surface area contributed by atoms with Crippen LogP contribution < -0.4 is 0 Å². The van der Waals surface area contributed by atoms with E-state index < -0.39 is 0 Å². The summed E-state index contributed by atoms with van der Waals surface area (Å²) in [5.74, 6) is 0. The van der Waals surface area contributed by atoms with Crippen molar-refractivity contribution in [2.45, 2.75) is 0 Å². The molecule has 16 heavy (non-hydrogen) atoms. The molecule has 0 unspecified atom stereocenters. The normalized spacial score (nSPS) is 10.5. The SMILES string of the molecule is [c]1ccnc2cc(-c3ccncc3)ccc12. The van der Waals surface area contributed by atoms with Crippen molar-refractivity contribution in [1.82, 2.24) is 9.97 Å². The number of hydrogen-bond acceptors (Lipinski definition) is 2. The lowest BCUT2D eigenvalue weighted by atomic mass is 10.1. The molecule has 0 aliphatic carbocycles. The van der Waals surface area contributed by atoms with Crippen molar-refractivity contribution in [3.05, 3.63) is 61.1 Å². The molecule has 0 amide bonds. The van der Waals surface area contributed by atoms with Crippen molar-refractivity contribution in [2.75, 3.05) is 0 Å². The van der Waals surface area contributed by atoms with E-state index in [-0.39, 0.29) is 0 Å². The first-order chi connectivity index (χ1) is 7.93. The maximum atomic E-state index is 4.32. The number of aromatic nitrogens is 2. The summed E-state index contributed by atoms with van der Waals surface area (Å²) in [4.78, 5) is 8.33. The first kappa shape index (κ1) is 9.04. The van der Waals surface area contributed by atoms with Crippen LogP contribution >= 0.6 is 0 Å². The molecule has 75 valence electrons. The first-order valence-corrected chi connectivity index (χ1v) is 5.10. The summed E-state index contributed by atoms with van der Waals surface area (Å²) in [5, 5.41) is 1.04. The smallest absolute Gasteiger partial charge is 0.0714 e. The first-order valence-electron chi connectivity index (χ1n) is 5.10. The Morgan fingerprint density at radius 2 is 1.75 bits per heavy atom. The van der Waals surface area contributed by atoms with Crippen LogP contribution in [0.2, 0.25) is 0 Å². The van der Waals surface area contributed by atoms with E-state index in [9.17, 15) is 0 Å². The van der Waals surface area contributed by atoms with Crippen LogP contribution in [-0.2, 0) is 0 Å².